The van der Waals surface area contributed by atoms with E-state index in [1.54, 1.807) is 39.2 Å². The molecule has 4 rings (SSSR count). The Morgan fingerprint density at radius 3 is 2.83 bits per heavy atom. The van der Waals surface area contributed by atoms with Gasteiger partial charge in [0.05, 0.1) is 18.0 Å². The molecule has 1 aromatic carbocycles. The number of nitrogens with zero attached hydrogens (tertiary/aromatic N) is 3. The van der Waals surface area contributed by atoms with Gasteiger partial charge in [-0.3, -0.25) is 10.3 Å². The van der Waals surface area contributed by atoms with Crippen LogP contribution in [0.4, 0.5) is 9.18 Å². The number of alkyl carbamates (subject to hydrolysis) is 1. The number of carbonyl (C=O) groups excluding carboxylic acids is 1. The number of fused-ring (bicyclic) bond motifs is 1. The molecule has 0 bridgehead atoms. The number of amidine groups is 1. The fourth-order valence-corrected chi connectivity index (χ4v) is 4.91. The fourth-order valence-electron chi connectivity index (χ4n) is 3.60. The minimum absolute atomic E-state index is 0.108. The molecule has 7 nitrogen and oxygen atoms in total. The molecule has 1 saturated heterocycles. The second-order valence-corrected chi connectivity index (χ2v) is 9.62. The van der Waals surface area contributed by atoms with Crippen molar-refractivity contribution in [3.63, 3.8) is 0 Å². The number of aromatic nitrogens is 2. The third-order valence-corrected chi connectivity index (χ3v) is 6.44. The quantitative estimate of drug-likeness (QED) is 0.781. The molecule has 1 N–H and O–H groups in total. The second-order valence-electron chi connectivity index (χ2n) is 8.30. The highest BCUT2D eigenvalue weighted by Crippen LogP contribution is 2.50. The average molecular weight is 431 g/mol. The Hall–Kier alpha value is -2.52. The van der Waals surface area contributed by atoms with E-state index in [2.05, 4.69) is 20.3 Å². The van der Waals surface area contributed by atoms with Crippen molar-refractivity contribution in [3.8, 4) is 11.1 Å². The van der Waals surface area contributed by atoms with Crippen molar-refractivity contribution in [3.05, 3.63) is 48.3 Å². The summed E-state index contributed by atoms with van der Waals surface area (Å²) in [5.74, 6) is -0.237. The molecule has 1 fully saturated rings. The van der Waals surface area contributed by atoms with E-state index in [-0.39, 0.29) is 11.7 Å². The largest absolute Gasteiger partial charge is 0.444 e. The molecule has 0 aliphatic carbocycles. The van der Waals surface area contributed by atoms with E-state index in [1.165, 1.54) is 24.2 Å². The average Bonchev–Trinajstić information content (AvgIpc) is 3.12. The number of halogens is 1. The summed E-state index contributed by atoms with van der Waals surface area (Å²) in [7, 11) is 0. The van der Waals surface area contributed by atoms with E-state index in [9.17, 15) is 9.18 Å². The molecule has 0 radical (unpaired) electrons. The van der Waals surface area contributed by atoms with Crippen LogP contribution in [-0.2, 0) is 14.2 Å². The Bertz CT molecular complexity index is 980. The Morgan fingerprint density at radius 1 is 1.33 bits per heavy atom. The van der Waals surface area contributed by atoms with Gasteiger partial charge in [-0.15, -0.1) is 0 Å². The van der Waals surface area contributed by atoms with Crippen LogP contribution in [0.25, 0.3) is 11.1 Å². The van der Waals surface area contributed by atoms with Crippen LogP contribution < -0.4 is 5.32 Å². The molecule has 2 aliphatic rings. The molecule has 30 heavy (non-hydrogen) atoms. The normalized spacial score (nSPS) is 23.5. The summed E-state index contributed by atoms with van der Waals surface area (Å²) in [6.07, 6.45) is 4.02. The fraction of sp³-hybridized carbons (Fsp3) is 0.429. The van der Waals surface area contributed by atoms with E-state index in [4.69, 9.17) is 9.47 Å². The smallest absolute Gasteiger partial charge is 0.413 e. The van der Waals surface area contributed by atoms with Crippen LogP contribution in [0.3, 0.4) is 0 Å². The monoisotopic (exact) mass is 430 g/mol. The number of aliphatic imine (C=N–C) groups is 1. The molecule has 0 spiro atoms. The minimum Gasteiger partial charge on any atom is -0.444 e. The van der Waals surface area contributed by atoms with Gasteiger partial charge in [-0.1, -0.05) is 17.8 Å². The molecule has 2 unspecified atom stereocenters. The van der Waals surface area contributed by atoms with Crippen LogP contribution in [0.1, 0.15) is 26.3 Å². The van der Waals surface area contributed by atoms with Gasteiger partial charge >= 0.3 is 6.09 Å². The lowest BCUT2D eigenvalue weighted by Crippen LogP contribution is -2.43. The van der Waals surface area contributed by atoms with Gasteiger partial charge in [-0.25, -0.2) is 19.2 Å². The SMILES string of the molecule is CC(C)(C)OC(=O)NC1=NCC2COCC2(c2ccc(F)c(-c3cncnc3)c2)S1. The summed E-state index contributed by atoms with van der Waals surface area (Å²) in [6, 6.07) is 5.04. The van der Waals surface area contributed by atoms with Gasteiger partial charge in [-0.2, -0.15) is 0 Å². The van der Waals surface area contributed by atoms with Crippen molar-refractivity contribution >= 4 is 23.0 Å². The molecule has 158 valence electrons. The van der Waals surface area contributed by atoms with E-state index in [1.807, 2.05) is 6.07 Å². The Morgan fingerprint density at radius 2 is 2.10 bits per heavy atom. The third kappa shape index (κ3) is 4.17. The number of amides is 1. The van der Waals surface area contributed by atoms with Gasteiger partial charge in [0.2, 0.25) is 0 Å². The van der Waals surface area contributed by atoms with Crippen molar-refractivity contribution in [1.82, 2.24) is 15.3 Å². The second kappa shape index (κ2) is 7.96. The molecule has 9 heteroatoms. The molecule has 2 aromatic rings. The summed E-state index contributed by atoms with van der Waals surface area (Å²) >= 11 is 1.43. The molecule has 1 aromatic heterocycles. The van der Waals surface area contributed by atoms with Crippen molar-refractivity contribution in [1.29, 1.82) is 0 Å². The number of thioether (sulfide) groups is 1. The van der Waals surface area contributed by atoms with Crippen molar-refractivity contribution in [2.75, 3.05) is 19.8 Å². The highest BCUT2D eigenvalue weighted by Gasteiger charge is 2.49. The Kier molecular flexibility index (Phi) is 5.50. The molecule has 2 aliphatic heterocycles. The first kappa shape index (κ1) is 20.7. The number of benzene rings is 1. The molecular formula is C21H23FN4O3S. The zero-order chi connectivity index (χ0) is 21.4. The number of carbonyl (C=O) groups is 1. The van der Waals surface area contributed by atoms with E-state index in [0.717, 1.165) is 5.56 Å². The van der Waals surface area contributed by atoms with Gasteiger partial charge in [0, 0.05) is 36.0 Å². The van der Waals surface area contributed by atoms with Gasteiger partial charge < -0.3 is 9.47 Å². The van der Waals surface area contributed by atoms with Crippen molar-refractivity contribution < 1.29 is 18.7 Å². The van der Waals surface area contributed by atoms with Crippen molar-refractivity contribution in [2.24, 2.45) is 10.9 Å². The van der Waals surface area contributed by atoms with Crippen LogP contribution in [-0.4, -0.2) is 46.6 Å². The maximum absolute atomic E-state index is 14.6. The first-order chi connectivity index (χ1) is 14.3. The zero-order valence-electron chi connectivity index (χ0n) is 17.0. The predicted molar refractivity (Wildman–Crippen MR) is 113 cm³/mol. The molecule has 3 heterocycles. The number of rotatable bonds is 2. The summed E-state index contributed by atoms with van der Waals surface area (Å²) in [4.78, 5) is 24.7. The molecule has 1 amide bonds. The summed E-state index contributed by atoms with van der Waals surface area (Å²) in [6.45, 7) is 6.90. The highest BCUT2D eigenvalue weighted by atomic mass is 32.2. The van der Waals surface area contributed by atoms with E-state index in [0.29, 0.717) is 36.1 Å². The van der Waals surface area contributed by atoms with Crippen LogP contribution in [0.15, 0.2) is 41.9 Å². The summed E-state index contributed by atoms with van der Waals surface area (Å²) < 4.78 is 25.2. The Balaban J connectivity index is 1.64. The lowest BCUT2D eigenvalue weighted by atomic mass is 9.86. The Labute approximate surface area is 178 Å². The van der Waals surface area contributed by atoms with Gasteiger partial charge in [-0.05, 0) is 38.5 Å². The first-order valence-corrected chi connectivity index (χ1v) is 10.5. The lowest BCUT2D eigenvalue weighted by molar-refractivity contribution is 0.0564. The highest BCUT2D eigenvalue weighted by molar-refractivity contribution is 8.14. The molecular weight excluding hydrogens is 407 g/mol. The maximum atomic E-state index is 14.6. The maximum Gasteiger partial charge on any atom is 0.413 e. The number of hydrogen-bond donors (Lipinski definition) is 1. The molecule has 0 saturated carbocycles. The lowest BCUT2D eigenvalue weighted by Gasteiger charge is -2.36. The minimum atomic E-state index is -0.607. The van der Waals surface area contributed by atoms with E-state index < -0.39 is 16.4 Å². The number of hydrogen-bond acceptors (Lipinski definition) is 7. The predicted octanol–water partition coefficient (Wildman–Crippen LogP) is 3.75. The molecule has 2 atom stereocenters. The van der Waals surface area contributed by atoms with Gasteiger partial charge in [0.1, 0.15) is 17.7 Å². The van der Waals surface area contributed by atoms with Crippen LogP contribution >= 0.6 is 11.8 Å². The van der Waals surface area contributed by atoms with Crippen LogP contribution in [0.5, 0.6) is 0 Å². The summed E-state index contributed by atoms with van der Waals surface area (Å²) in [5, 5.41) is 3.21. The summed E-state index contributed by atoms with van der Waals surface area (Å²) in [5.41, 5.74) is 1.33. The van der Waals surface area contributed by atoms with E-state index >= 15 is 0 Å². The van der Waals surface area contributed by atoms with Crippen LogP contribution in [0, 0.1) is 11.7 Å². The van der Waals surface area contributed by atoms with Gasteiger partial charge in [0.25, 0.3) is 0 Å². The number of ether oxygens (including phenoxy) is 2. The third-order valence-electron chi connectivity index (χ3n) is 4.96. The topological polar surface area (TPSA) is 85.7 Å². The zero-order valence-corrected chi connectivity index (χ0v) is 17.8. The van der Waals surface area contributed by atoms with Crippen molar-refractivity contribution in [2.45, 2.75) is 31.1 Å². The first-order valence-electron chi connectivity index (χ1n) is 9.63. The van der Waals surface area contributed by atoms with Crippen LogP contribution in [0.2, 0.25) is 0 Å². The number of nitrogens with one attached hydrogen (secondary N) is 1. The standard InChI is InChI=1S/C21H23FN4O3S/c1-20(2,3)29-19(27)26-18-25-9-15-10-28-11-21(15,30-18)14-4-5-17(22)16(6-14)13-7-23-12-24-8-13/h4-8,12,15H,9-11H2,1-3H3,(H,25,26,27). The van der Waals surface area contributed by atoms with Gasteiger partial charge in [0.15, 0.2) is 5.17 Å².